The molecule has 1 unspecified atom stereocenters. The van der Waals surface area contributed by atoms with Gasteiger partial charge in [0.25, 0.3) is 0 Å². The first-order chi connectivity index (χ1) is 10.7. The Labute approximate surface area is 134 Å². The van der Waals surface area contributed by atoms with E-state index in [2.05, 4.69) is 41.4 Å². The standard InChI is InChI=1S/C17H30N4O/c1-5-7-8-9-14(3)21-17(18-6-2)20-13-15-10-11-16(22-4)19-12-15/h10-12,14H,5-9,13H2,1-4H3,(H2,18,20,21). The zero-order chi connectivity index (χ0) is 16.2. The van der Waals surface area contributed by atoms with Crippen molar-refractivity contribution in [3.63, 3.8) is 0 Å². The third kappa shape index (κ3) is 7.29. The van der Waals surface area contributed by atoms with Gasteiger partial charge in [-0.05, 0) is 25.8 Å². The minimum Gasteiger partial charge on any atom is -0.481 e. The Bertz CT molecular complexity index is 431. The quantitative estimate of drug-likeness (QED) is 0.418. The first-order valence-corrected chi connectivity index (χ1v) is 8.23. The molecule has 5 nitrogen and oxygen atoms in total. The summed E-state index contributed by atoms with van der Waals surface area (Å²) in [6, 6.07) is 4.28. The molecule has 0 amide bonds. The van der Waals surface area contributed by atoms with Gasteiger partial charge in [0, 0.05) is 24.8 Å². The molecule has 0 saturated carbocycles. The van der Waals surface area contributed by atoms with Gasteiger partial charge in [0.2, 0.25) is 5.88 Å². The van der Waals surface area contributed by atoms with Gasteiger partial charge in [0.15, 0.2) is 5.96 Å². The molecule has 1 rings (SSSR count). The molecule has 1 aromatic rings. The summed E-state index contributed by atoms with van der Waals surface area (Å²) in [6.07, 6.45) is 6.77. The van der Waals surface area contributed by atoms with Crippen LogP contribution < -0.4 is 15.4 Å². The van der Waals surface area contributed by atoms with E-state index in [0.717, 1.165) is 18.1 Å². The van der Waals surface area contributed by atoms with Crippen molar-refractivity contribution < 1.29 is 4.74 Å². The highest BCUT2D eigenvalue weighted by molar-refractivity contribution is 5.80. The maximum atomic E-state index is 5.06. The minimum atomic E-state index is 0.429. The van der Waals surface area contributed by atoms with Crippen molar-refractivity contribution in [2.45, 2.75) is 59.0 Å². The van der Waals surface area contributed by atoms with Crippen LogP contribution in [-0.4, -0.2) is 30.6 Å². The summed E-state index contributed by atoms with van der Waals surface area (Å²) >= 11 is 0. The molecule has 1 atom stereocenters. The second-order valence-corrected chi connectivity index (χ2v) is 5.45. The van der Waals surface area contributed by atoms with Crippen molar-refractivity contribution in [3.05, 3.63) is 23.9 Å². The molecule has 0 bridgehead atoms. The fourth-order valence-electron chi connectivity index (χ4n) is 2.12. The van der Waals surface area contributed by atoms with Crippen LogP contribution in [0.3, 0.4) is 0 Å². The monoisotopic (exact) mass is 306 g/mol. The molecular weight excluding hydrogens is 276 g/mol. The Kier molecular flexibility index (Phi) is 9.03. The van der Waals surface area contributed by atoms with Gasteiger partial charge >= 0.3 is 0 Å². The van der Waals surface area contributed by atoms with E-state index in [1.54, 1.807) is 13.3 Å². The molecule has 2 N–H and O–H groups in total. The molecule has 0 fully saturated rings. The number of aromatic nitrogens is 1. The number of nitrogens with zero attached hydrogens (tertiary/aromatic N) is 2. The van der Waals surface area contributed by atoms with Gasteiger partial charge in [-0.3, -0.25) is 0 Å². The molecule has 5 heteroatoms. The van der Waals surface area contributed by atoms with Gasteiger partial charge < -0.3 is 15.4 Å². The Balaban J connectivity index is 2.52. The molecule has 0 aliphatic rings. The highest BCUT2D eigenvalue weighted by Gasteiger charge is 2.05. The van der Waals surface area contributed by atoms with Gasteiger partial charge in [-0.1, -0.05) is 32.3 Å². The van der Waals surface area contributed by atoms with E-state index in [0.29, 0.717) is 18.5 Å². The summed E-state index contributed by atoms with van der Waals surface area (Å²) < 4.78 is 5.06. The van der Waals surface area contributed by atoms with Crippen molar-refractivity contribution >= 4 is 5.96 Å². The molecule has 124 valence electrons. The summed E-state index contributed by atoms with van der Waals surface area (Å²) in [4.78, 5) is 8.82. The first kappa shape index (κ1) is 18.3. The van der Waals surface area contributed by atoms with Crippen LogP contribution in [0.15, 0.2) is 23.3 Å². The summed E-state index contributed by atoms with van der Waals surface area (Å²) in [5, 5.41) is 6.75. The molecule has 0 aromatic carbocycles. The maximum absolute atomic E-state index is 5.06. The van der Waals surface area contributed by atoms with Crippen LogP contribution in [-0.2, 0) is 6.54 Å². The number of unbranched alkanes of at least 4 members (excludes halogenated alkanes) is 2. The topological polar surface area (TPSA) is 58.5 Å². The number of hydrogen-bond acceptors (Lipinski definition) is 3. The van der Waals surface area contributed by atoms with E-state index in [1.807, 2.05) is 12.1 Å². The van der Waals surface area contributed by atoms with E-state index in [4.69, 9.17) is 4.74 Å². The van der Waals surface area contributed by atoms with Gasteiger partial charge in [0.05, 0.1) is 13.7 Å². The fourth-order valence-corrected chi connectivity index (χ4v) is 2.12. The second-order valence-electron chi connectivity index (χ2n) is 5.45. The van der Waals surface area contributed by atoms with Crippen molar-refractivity contribution in [2.75, 3.05) is 13.7 Å². The maximum Gasteiger partial charge on any atom is 0.212 e. The molecule has 1 aromatic heterocycles. The molecule has 1 heterocycles. The number of pyridine rings is 1. The van der Waals surface area contributed by atoms with Crippen molar-refractivity contribution in [3.8, 4) is 5.88 Å². The summed E-state index contributed by atoms with van der Waals surface area (Å²) in [5.41, 5.74) is 1.07. The Morgan fingerprint density at radius 3 is 2.73 bits per heavy atom. The largest absolute Gasteiger partial charge is 0.481 e. The van der Waals surface area contributed by atoms with Gasteiger partial charge in [-0.2, -0.15) is 0 Å². The number of methoxy groups -OCH3 is 1. The van der Waals surface area contributed by atoms with Crippen LogP contribution in [0.1, 0.15) is 52.0 Å². The number of nitrogens with one attached hydrogen (secondary N) is 2. The van der Waals surface area contributed by atoms with E-state index >= 15 is 0 Å². The van der Waals surface area contributed by atoms with E-state index < -0.39 is 0 Å². The molecule has 0 aliphatic heterocycles. The fraction of sp³-hybridized carbons (Fsp3) is 0.647. The van der Waals surface area contributed by atoms with Gasteiger partial charge in [-0.15, -0.1) is 0 Å². The second kappa shape index (κ2) is 10.9. The van der Waals surface area contributed by atoms with Crippen LogP contribution in [0.2, 0.25) is 0 Å². The Morgan fingerprint density at radius 1 is 1.32 bits per heavy atom. The Morgan fingerprint density at radius 2 is 2.14 bits per heavy atom. The van der Waals surface area contributed by atoms with Gasteiger partial charge in [0.1, 0.15) is 0 Å². The summed E-state index contributed by atoms with van der Waals surface area (Å²) in [5.74, 6) is 1.49. The zero-order valence-corrected chi connectivity index (χ0v) is 14.4. The van der Waals surface area contributed by atoms with Crippen LogP contribution in [0, 0.1) is 0 Å². The molecular formula is C17H30N4O. The minimum absolute atomic E-state index is 0.429. The lowest BCUT2D eigenvalue weighted by atomic mass is 10.1. The molecule has 0 radical (unpaired) electrons. The first-order valence-electron chi connectivity index (χ1n) is 8.23. The van der Waals surface area contributed by atoms with E-state index in [9.17, 15) is 0 Å². The Hall–Kier alpha value is -1.78. The number of ether oxygens (including phenoxy) is 1. The smallest absolute Gasteiger partial charge is 0.212 e. The molecule has 0 saturated heterocycles. The van der Waals surface area contributed by atoms with Crippen LogP contribution in [0.5, 0.6) is 5.88 Å². The number of guanidine groups is 1. The van der Waals surface area contributed by atoms with Crippen molar-refractivity contribution in [2.24, 2.45) is 4.99 Å². The third-order valence-corrected chi connectivity index (χ3v) is 3.39. The number of hydrogen-bond donors (Lipinski definition) is 2. The normalized spacial score (nSPS) is 12.8. The SMILES string of the molecule is CCCCCC(C)NC(=NCc1ccc(OC)nc1)NCC. The summed E-state index contributed by atoms with van der Waals surface area (Å²) in [7, 11) is 1.62. The highest BCUT2D eigenvalue weighted by Crippen LogP contribution is 2.07. The van der Waals surface area contributed by atoms with Crippen molar-refractivity contribution in [1.29, 1.82) is 0 Å². The lowest BCUT2D eigenvalue weighted by Crippen LogP contribution is -2.42. The zero-order valence-electron chi connectivity index (χ0n) is 14.4. The van der Waals surface area contributed by atoms with Crippen LogP contribution >= 0.6 is 0 Å². The molecule has 0 aliphatic carbocycles. The predicted molar refractivity (Wildman–Crippen MR) is 92.3 cm³/mol. The van der Waals surface area contributed by atoms with Crippen LogP contribution in [0.4, 0.5) is 0 Å². The lowest BCUT2D eigenvalue weighted by molar-refractivity contribution is 0.397. The average molecular weight is 306 g/mol. The lowest BCUT2D eigenvalue weighted by Gasteiger charge is -2.17. The number of rotatable bonds is 9. The average Bonchev–Trinajstić information content (AvgIpc) is 2.53. The van der Waals surface area contributed by atoms with E-state index in [-0.39, 0.29) is 0 Å². The van der Waals surface area contributed by atoms with Gasteiger partial charge in [-0.25, -0.2) is 9.98 Å². The highest BCUT2D eigenvalue weighted by atomic mass is 16.5. The van der Waals surface area contributed by atoms with Crippen LogP contribution in [0.25, 0.3) is 0 Å². The van der Waals surface area contributed by atoms with Crippen molar-refractivity contribution in [1.82, 2.24) is 15.6 Å². The predicted octanol–water partition coefficient (Wildman–Crippen LogP) is 3.11. The number of aliphatic imine (C=N–C) groups is 1. The molecule has 0 spiro atoms. The summed E-state index contributed by atoms with van der Waals surface area (Å²) in [6.45, 7) is 7.97. The third-order valence-electron chi connectivity index (χ3n) is 3.39. The van der Waals surface area contributed by atoms with E-state index in [1.165, 1.54) is 25.7 Å². The molecule has 22 heavy (non-hydrogen) atoms.